The second-order valence-electron chi connectivity index (χ2n) is 10.8. The maximum absolute atomic E-state index is 13.1. The lowest BCUT2D eigenvalue weighted by molar-refractivity contribution is -0.153. The minimum atomic E-state index is -4.40. The number of rotatable bonds is 12. The Labute approximate surface area is 241 Å². The van der Waals surface area contributed by atoms with Gasteiger partial charge in [0.25, 0.3) is 0 Å². The van der Waals surface area contributed by atoms with Crippen molar-refractivity contribution in [1.29, 1.82) is 0 Å². The van der Waals surface area contributed by atoms with Crippen molar-refractivity contribution < 1.29 is 31.2 Å². The third-order valence-electron chi connectivity index (χ3n) is 7.60. The summed E-state index contributed by atoms with van der Waals surface area (Å²) in [5, 5.41) is 2.83. The molecule has 0 radical (unpaired) electrons. The van der Waals surface area contributed by atoms with E-state index in [0.717, 1.165) is 43.3 Å². The molecule has 226 valence electrons. The molecule has 2 aromatic rings. The van der Waals surface area contributed by atoms with Gasteiger partial charge in [0, 0.05) is 44.4 Å². The molecule has 2 atom stereocenters. The van der Waals surface area contributed by atoms with Gasteiger partial charge in [-0.3, -0.25) is 9.59 Å². The number of nitrogens with one attached hydrogen (secondary N) is 1. The molecule has 41 heavy (non-hydrogen) atoms. The number of amides is 2. The predicted octanol–water partition coefficient (Wildman–Crippen LogP) is 4.78. The van der Waals surface area contributed by atoms with Crippen LogP contribution in [0.5, 0.6) is 0 Å². The highest BCUT2D eigenvalue weighted by atomic mass is 32.2. The summed E-state index contributed by atoms with van der Waals surface area (Å²) in [5.41, 5.74) is 1.61. The number of alkyl halides is 3. The number of likely N-dealkylation sites (tertiary alicyclic amines) is 1. The Morgan fingerprint density at radius 1 is 1.05 bits per heavy atom. The first-order valence-electron chi connectivity index (χ1n) is 14.0. The van der Waals surface area contributed by atoms with Crippen LogP contribution in [0.25, 0.3) is 0 Å². The van der Waals surface area contributed by atoms with E-state index in [0.29, 0.717) is 19.5 Å². The van der Waals surface area contributed by atoms with Crippen molar-refractivity contribution in [1.82, 2.24) is 15.1 Å². The number of hydrogen-bond acceptors (Lipinski definition) is 5. The fourth-order valence-corrected chi connectivity index (χ4v) is 5.93. The number of halogens is 3. The highest BCUT2D eigenvalue weighted by Crippen LogP contribution is 2.26. The van der Waals surface area contributed by atoms with Crippen LogP contribution in [0.2, 0.25) is 0 Å². The number of piperidine rings is 1. The maximum Gasteiger partial charge on any atom is 0.389 e. The van der Waals surface area contributed by atoms with E-state index in [1.807, 2.05) is 42.2 Å². The van der Waals surface area contributed by atoms with Gasteiger partial charge in [-0.1, -0.05) is 49.4 Å². The van der Waals surface area contributed by atoms with Crippen LogP contribution in [0.15, 0.2) is 59.5 Å². The first kappa shape index (κ1) is 32.6. The van der Waals surface area contributed by atoms with E-state index < -0.39 is 40.3 Å². The lowest BCUT2D eigenvalue weighted by Crippen LogP contribution is -2.48. The van der Waals surface area contributed by atoms with Crippen molar-refractivity contribution >= 4 is 21.7 Å². The number of benzene rings is 2. The second kappa shape index (κ2) is 14.3. The summed E-state index contributed by atoms with van der Waals surface area (Å²) >= 11 is 0. The van der Waals surface area contributed by atoms with E-state index in [-0.39, 0.29) is 23.3 Å². The fourth-order valence-electron chi connectivity index (χ4n) is 5.30. The van der Waals surface area contributed by atoms with Crippen molar-refractivity contribution in [2.45, 2.75) is 69.1 Å². The molecule has 1 unspecified atom stereocenters. The normalized spacial score (nSPS) is 16.6. The zero-order valence-corrected chi connectivity index (χ0v) is 24.7. The molecular weight excluding hydrogens is 555 g/mol. The van der Waals surface area contributed by atoms with Crippen LogP contribution in [0.1, 0.15) is 56.7 Å². The molecule has 3 rings (SSSR count). The number of nitrogens with zero attached hydrogens (tertiary/aromatic N) is 2. The third kappa shape index (κ3) is 10.1. The summed E-state index contributed by atoms with van der Waals surface area (Å²) in [4.78, 5) is 30.0. The number of carbonyl (C=O) groups is 2. The molecule has 1 heterocycles. The molecule has 1 N–H and O–H groups in total. The molecule has 2 aromatic carbocycles. The smallest absolute Gasteiger partial charge is 0.349 e. The van der Waals surface area contributed by atoms with Crippen LogP contribution in [-0.2, 0) is 25.8 Å². The number of hydrogen-bond donors (Lipinski definition) is 1. The van der Waals surface area contributed by atoms with Crippen molar-refractivity contribution in [2.24, 2.45) is 5.92 Å². The minimum Gasteiger partial charge on any atom is -0.349 e. The molecule has 0 saturated carbocycles. The summed E-state index contributed by atoms with van der Waals surface area (Å²) in [7, 11) is -3.30. The van der Waals surface area contributed by atoms with Gasteiger partial charge in [0.15, 0.2) is 9.84 Å². The Balaban J connectivity index is 1.54. The molecule has 7 nitrogen and oxygen atoms in total. The van der Waals surface area contributed by atoms with Gasteiger partial charge in [-0.05, 0) is 49.4 Å². The minimum absolute atomic E-state index is 0.00196. The Bertz CT molecular complexity index is 1250. The Hall–Kier alpha value is -2.92. The van der Waals surface area contributed by atoms with E-state index in [1.165, 1.54) is 19.1 Å². The van der Waals surface area contributed by atoms with E-state index in [9.17, 15) is 31.2 Å². The van der Waals surface area contributed by atoms with Crippen LogP contribution in [-0.4, -0.2) is 74.7 Å². The van der Waals surface area contributed by atoms with Gasteiger partial charge >= 0.3 is 6.18 Å². The Morgan fingerprint density at radius 3 is 2.20 bits per heavy atom. The summed E-state index contributed by atoms with van der Waals surface area (Å²) < 4.78 is 61.8. The quantitative estimate of drug-likeness (QED) is 0.382. The van der Waals surface area contributed by atoms with Gasteiger partial charge in [-0.15, -0.1) is 0 Å². The van der Waals surface area contributed by atoms with Gasteiger partial charge < -0.3 is 15.1 Å². The zero-order valence-electron chi connectivity index (χ0n) is 23.9. The molecular formula is C30H40F3N3O4S. The Kier molecular flexibility index (Phi) is 11.4. The molecule has 1 aliphatic heterocycles. The largest absolute Gasteiger partial charge is 0.389 e. The van der Waals surface area contributed by atoms with Gasteiger partial charge in [0.05, 0.1) is 23.8 Å². The molecule has 1 aliphatic rings. The molecule has 1 saturated heterocycles. The lowest BCUT2D eigenvalue weighted by atomic mass is 9.99. The van der Waals surface area contributed by atoms with Crippen molar-refractivity contribution in [2.75, 3.05) is 32.4 Å². The first-order chi connectivity index (χ1) is 19.3. The van der Waals surface area contributed by atoms with Gasteiger partial charge in [0.1, 0.15) is 0 Å². The highest BCUT2D eigenvalue weighted by Gasteiger charge is 2.34. The van der Waals surface area contributed by atoms with E-state index in [4.69, 9.17) is 0 Å². The number of sulfone groups is 1. The van der Waals surface area contributed by atoms with Crippen LogP contribution in [0, 0.1) is 5.92 Å². The molecule has 0 aliphatic carbocycles. The lowest BCUT2D eigenvalue weighted by Gasteiger charge is -2.38. The van der Waals surface area contributed by atoms with Crippen LogP contribution in [0.3, 0.4) is 0 Å². The average molecular weight is 596 g/mol. The summed E-state index contributed by atoms with van der Waals surface area (Å²) in [6.45, 7) is 6.00. The van der Waals surface area contributed by atoms with Gasteiger partial charge in [-0.25, -0.2) is 8.42 Å². The van der Waals surface area contributed by atoms with Crippen molar-refractivity contribution in [3.05, 3.63) is 65.7 Å². The van der Waals surface area contributed by atoms with Crippen LogP contribution in [0.4, 0.5) is 13.2 Å². The van der Waals surface area contributed by atoms with Crippen LogP contribution >= 0.6 is 0 Å². The summed E-state index contributed by atoms with van der Waals surface area (Å²) in [5.74, 6) is -1.79. The SMILES string of the molecule is CCN(C(=O)Cc1ccc(S(C)(=O)=O)cc1)C1CCN(CC[C@H](NC(=O)C(C)CC(F)(F)F)c2ccccc2)CC1. The first-order valence-corrected chi connectivity index (χ1v) is 15.9. The van der Waals surface area contributed by atoms with Crippen LogP contribution < -0.4 is 5.32 Å². The molecule has 2 amide bonds. The fraction of sp³-hybridized carbons (Fsp3) is 0.533. The van der Waals surface area contributed by atoms with Gasteiger partial charge in [-0.2, -0.15) is 13.2 Å². The maximum atomic E-state index is 13.1. The molecule has 1 fully saturated rings. The topological polar surface area (TPSA) is 86.8 Å². The standard InChI is InChI=1S/C30H40F3N3O4S/c1-4-36(28(37)20-23-10-12-26(13-11-23)41(3,39)40)25-14-17-35(18-15-25)19-16-27(24-8-6-5-7-9-24)34-29(38)22(2)21-30(31,32)33/h5-13,22,25,27H,4,14-21H2,1-3H3,(H,34,38)/t22?,27-/m0/s1. The average Bonchev–Trinajstić information content (AvgIpc) is 2.91. The third-order valence-corrected chi connectivity index (χ3v) is 8.73. The highest BCUT2D eigenvalue weighted by molar-refractivity contribution is 7.90. The molecule has 0 aromatic heterocycles. The second-order valence-corrected chi connectivity index (χ2v) is 12.8. The predicted molar refractivity (Wildman–Crippen MR) is 152 cm³/mol. The van der Waals surface area contributed by atoms with Gasteiger partial charge in [0.2, 0.25) is 11.8 Å². The molecule has 0 bridgehead atoms. The molecule has 0 spiro atoms. The van der Waals surface area contributed by atoms with E-state index in [2.05, 4.69) is 10.2 Å². The number of likely N-dealkylation sites (N-methyl/N-ethyl adjacent to an activating group) is 1. The summed E-state index contributed by atoms with van der Waals surface area (Å²) in [6.07, 6.45) is -2.08. The van der Waals surface area contributed by atoms with E-state index in [1.54, 1.807) is 12.1 Å². The molecule has 11 heteroatoms. The summed E-state index contributed by atoms with van der Waals surface area (Å²) in [6, 6.07) is 15.4. The van der Waals surface area contributed by atoms with E-state index >= 15 is 0 Å². The van der Waals surface area contributed by atoms with Crippen molar-refractivity contribution in [3.63, 3.8) is 0 Å². The number of carbonyl (C=O) groups excluding carboxylic acids is 2. The van der Waals surface area contributed by atoms with Crippen molar-refractivity contribution in [3.8, 4) is 0 Å². The zero-order chi connectivity index (χ0) is 30.2. The monoisotopic (exact) mass is 595 g/mol. The Morgan fingerprint density at radius 2 is 1.66 bits per heavy atom.